The number of hydrogen-bond donors (Lipinski definition) is 1. The molecule has 80 valence electrons. The molecular weight excluding hydrogens is 252 g/mol. The normalized spacial score (nSPS) is 10.5. The summed E-state index contributed by atoms with van der Waals surface area (Å²) < 4.78 is 0.792. The first-order valence-electron chi connectivity index (χ1n) is 4.25. The van der Waals surface area contributed by atoms with Gasteiger partial charge in [0.25, 0.3) is 0 Å². The molecule has 0 aliphatic heterocycles. The van der Waals surface area contributed by atoms with Gasteiger partial charge in [0.2, 0.25) is 5.88 Å². The second-order valence-electron chi connectivity index (χ2n) is 3.05. The van der Waals surface area contributed by atoms with E-state index in [0.717, 1.165) is 16.0 Å². The summed E-state index contributed by atoms with van der Waals surface area (Å²) in [7, 11) is 1.94. The molecule has 15 heavy (non-hydrogen) atoms. The SMILES string of the molecule is CN(Cc1ccc(Cl)s1)c1nc(O)cs1. The molecule has 0 saturated heterocycles. The van der Waals surface area contributed by atoms with Crippen LogP contribution in [0.1, 0.15) is 4.88 Å². The number of rotatable bonds is 3. The predicted octanol–water partition coefficient (Wildman–Crippen LogP) is 3.20. The van der Waals surface area contributed by atoms with Gasteiger partial charge in [-0.15, -0.1) is 22.7 Å². The smallest absolute Gasteiger partial charge is 0.223 e. The van der Waals surface area contributed by atoms with E-state index in [2.05, 4.69) is 4.98 Å². The first-order chi connectivity index (χ1) is 7.15. The lowest BCUT2D eigenvalue weighted by molar-refractivity contribution is 0.457. The van der Waals surface area contributed by atoms with Gasteiger partial charge in [0.15, 0.2) is 5.13 Å². The van der Waals surface area contributed by atoms with Gasteiger partial charge in [-0.1, -0.05) is 11.6 Å². The van der Waals surface area contributed by atoms with Crippen molar-refractivity contribution in [3.05, 3.63) is 26.7 Å². The molecule has 2 aromatic heterocycles. The van der Waals surface area contributed by atoms with Crippen molar-refractivity contribution in [2.45, 2.75) is 6.54 Å². The van der Waals surface area contributed by atoms with E-state index >= 15 is 0 Å². The number of thiophene rings is 1. The zero-order valence-electron chi connectivity index (χ0n) is 7.98. The highest BCUT2D eigenvalue weighted by Gasteiger charge is 2.08. The van der Waals surface area contributed by atoms with E-state index in [1.54, 1.807) is 16.7 Å². The highest BCUT2D eigenvalue weighted by atomic mass is 35.5. The zero-order valence-corrected chi connectivity index (χ0v) is 10.4. The first kappa shape index (κ1) is 10.7. The highest BCUT2D eigenvalue weighted by Crippen LogP contribution is 2.27. The van der Waals surface area contributed by atoms with Crippen LogP contribution >= 0.6 is 34.3 Å². The minimum Gasteiger partial charge on any atom is -0.493 e. The Kier molecular flexibility index (Phi) is 3.14. The fourth-order valence-corrected chi connectivity index (χ4v) is 2.96. The third-order valence-electron chi connectivity index (χ3n) is 1.83. The lowest BCUT2D eigenvalue weighted by Crippen LogP contribution is -2.14. The van der Waals surface area contributed by atoms with Crippen molar-refractivity contribution in [3.63, 3.8) is 0 Å². The molecule has 0 atom stereocenters. The summed E-state index contributed by atoms with van der Waals surface area (Å²) in [5.74, 6) is 0.0751. The third kappa shape index (κ3) is 2.62. The Labute approximate surface area is 101 Å². The van der Waals surface area contributed by atoms with E-state index < -0.39 is 0 Å². The van der Waals surface area contributed by atoms with Crippen LogP contribution in [0.25, 0.3) is 0 Å². The average Bonchev–Trinajstić information content (AvgIpc) is 2.75. The Morgan fingerprint density at radius 2 is 2.33 bits per heavy atom. The molecule has 0 aromatic carbocycles. The lowest BCUT2D eigenvalue weighted by atomic mass is 10.4. The number of thiazole rings is 1. The van der Waals surface area contributed by atoms with E-state index in [-0.39, 0.29) is 5.88 Å². The molecule has 0 unspecified atom stereocenters. The molecule has 0 fully saturated rings. The maximum absolute atomic E-state index is 9.13. The number of halogens is 1. The number of aromatic hydroxyl groups is 1. The molecule has 0 aliphatic rings. The molecule has 0 radical (unpaired) electrons. The zero-order chi connectivity index (χ0) is 10.8. The van der Waals surface area contributed by atoms with Crippen LogP contribution in [-0.4, -0.2) is 17.1 Å². The van der Waals surface area contributed by atoms with Gasteiger partial charge in [-0.05, 0) is 12.1 Å². The summed E-state index contributed by atoms with van der Waals surface area (Å²) in [6.07, 6.45) is 0. The Balaban J connectivity index is 2.06. The Morgan fingerprint density at radius 3 is 2.87 bits per heavy atom. The topological polar surface area (TPSA) is 36.4 Å². The Bertz CT molecular complexity index is 454. The maximum atomic E-state index is 9.13. The summed E-state index contributed by atoms with van der Waals surface area (Å²) in [5, 5.41) is 11.5. The maximum Gasteiger partial charge on any atom is 0.223 e. The van der Waals surface area contributed by atoms with Crippen LogP contribution in [0.4, 0.5) is 5.13 Å². The monoisotopic (exact) mass is 260 g/mol. The minimum absolute atomic E-state index is 0.0751. The number of nitrogens with zero attached hydrogens (tertiary/aromatic N) is 2. The molecule has 2 aromatic rings. The van der Waals surface area contributed by atoms with E-state index in [9.17, 15) is 0 Å². The fraction of sp³-hybridized carbons (Fsp3) is 0.222. The van der Waals surface area contributed by atoms with Crippen LogP contribution in [0.2, 0.25) is 4.34 Å². The van der Waals surface area contributed by atoms with Crippen molar-refractivity contribution in [1.29, 1.82) is 0 Å². The molecule has 0 bridgehead atoms. The summed E-state index contributed by atoms with van der Waals surface area (Å²) >= 11 is 8.82. The van der Waals surface area contributed by atoms with Gasteiger partial charge in [-0.2, -0.15) is 4.98 Å². The van der Waals surface area contributed by atoms with Gasteiger partial charge in [-0.3, -0.25) is 0 Å². The van der Waals surface area contributed by atoms with Crippen LogP contribution in [-0.2, 0) is 6.54 Å². The fourth-order valence-electron chi connectivity index (χ4n) is 1.17. The van der Waals surface area contributed by atoms with E-state index in [4.69, 9.17) is 16.7 Å². The lowest BCUT2D eigenvalue weighted by Gasteiger charge is -2.13. The third-order valence-corrected chi connectivity index (χ3v) is 3.99. The molecule has 0 aliphatic carbocycles. The predicted molar refractivity (Wildman–Crippen MR) is 65.2 cm³/mol. The van der Waals surface area contributed by atoms with Crippen molar-refractivity contribution in [2.24, 2.45) is 0 Å². The standard InChI is InChI=1S/C9H9ClN2OS2/c1-12(9-11-8(13)5-14-9)4-6-2-3-7(10)15-6/h2-3,5,13H,4H2,1H3. The van der Waals surface area contributed by atoms with Crippen LogP contribution < -0.4 is 4.90 Å². The van der Waals surface area contributed by atoms with Gasteiger partial charge in [-0.25, -0.2) is 0 Å². The Morgan fingerprint density at radius 1 is 1.53 bits per heavy atom. The summed E-state index contributed by atoms with van der Waals surface area (Å²) in [5.41, 5.74) is 0. The van der Waals surface area contributed by atoms with E-state index in [1.165, 1.54) is 16.2 Å². The molecular formula is C9H9ClN2OS2. The molecule has 0 spiro atoms. The van der Waals surface area contributed by atoms with Crippen molar-refractivity contribution in [3.8, 4) is 5.88 Å². The summed E-state index contributed by atoms with van der Waals surface area (Å²) in [6, 6.07) is 3.88. The molecule has 3 nitrogen and oxygen atoms in total. The summed E-state index contributed by atoms with van der Waals surface area (Å²) in [6.45, 7) is 0.754. The van der Waals surface area contributed by atoms with Gasteiger partial charge >= 0.3 is 0 Å². The van der Waals surface area contributed by atoms with Crippen LogP contribution in [0.5, 0.6) is 5.88 Å². The molecule has 0 amide bonds. The van der Waals surface area contributed by atoms with Gasteiger partial charge in [0.05, 0.1) is 16.3 Å². The minimum atomic E-state index is 0.0751. The largest absolute Gasteiger partial charge is 0.493 e. The second-order valence-corrected chi connectivity index (χ2v) is 5.69. The molecule has 6 heteroatoms. The average molecular weight is 261 g/mol. The van der Waals surface area contributed by atoms with Crippen molar-refractivity contribution in [1.82, 2.24) is 4.98 Å². The molecule has 2 rings (SSSR count). The van der Waals surface area contributed by atoms with Crippen LogP contribution in [0.3, 0.4) is 0 Å². The van der Waals surface area contributed by atoms with E-state index in [0.29, 0.717) is 0 Å². The first-order valence-corrected chi connectivity index (χ1v) is 6.32. The van der Waals surface area contributed by atoms with Gasteiger partial charge < -0.3 is 10.0 Å². The van der Waals surface area contributed by atoms with Gasteiger partial charge in [0, 0.05) is 11.9 Å². The molecule has 0 saturated carbocycles. The van der Waals surface area contributed by atoms with Gasteiger partial charge in [0.1, 0.15) is 0 Å². The van der Waals surface area contributed by atoms with Crippen LogP contribution in [0, 0.1) is 0 Å². The Hall–Kier alpha value is -0.780. The quantitative estimate of drug-likeness (QED) is 0.921. The molecule has 1 N–H and O–H groups in total. The van der Waals surface area contributed by atoms with Crippen molar-refractivity contribution < 1.29 is 5.11 Å². The summed E-state index contributed by atoms with van der Waals surface area (Å²) in [4.78, 5) is 7.14. The van der Waals surface area contributed by atoms with Crippen LogP contribution in [0.15, 0.2) is 17.5 Å². The number of aromatic nitrogens is 1. The van der Waals surface area contributed by atoms with Crippen molar-refractivity contribution >= 4 is 39.4 Å². The second kappa shape index (κ2) is 4.38. The number of anilines is 1. The van der Waals surface area contributed by atoms with Crippen molar-refractivity contribution in [2.75, 3.05) is 11.9 Å². The van der Waals surface area contributed by atoms with E-state index in [1.807, 2.05) is 24.1 Å². The highest BCUT2D eigenvalue weighted by molar-refractivity contribution is 7.16. The molecule has 2 heterocycles. The number of hydrogen-bond acceptors (Lipinski definition) is 5.